The first kappa shape index (κ1) is 20.7. The molecule has 1 unspecified atom stereocenters. The highest BCUT2D eigenvalue weighted by Gasteiger charge is 2.24. The molecule has 0 aliphatic carbocycles. The predicted molar refractivity (Wildman–Crippen MR) is 115 cm³/mol. The van der Waals surface area contributed by atoms with Crippen molar-refractivity contribution in [1.29, 1.82) is 0 Å². The lowest BCUT2D eigenvalue weighted by Gasteiger charge is -2.16. The maximum absolute atomic E-state index is 12.8. The molecule has 0 saturated heterocycles. The highest BCUT2D eigenvalue weighted by molar-refractivity contribution is 7.98. The Kier molecular flexibility index (Phi) is 6.39. The first-order valence-electron chi connectivity index (χ1n) is 9.17. The van der Waals surface area contributed by atoms with Crippen molar-refractivity contribution in [2.24, 2.45) is 0 Å². The maximum atomic E-state index is 12.8. The number of nitrogens with zero attached hydrogens (tertiary/aromatic N) is 2. The number of esters is 1. The second kappa shape index (κ2) is 8.96. The molecule has 2 aromatic carbocycles. The van der Waals surface area contributed by atoms with Crippen LogP contribution in [0.25, 0.3) is 5.69 Å². The first-order valence-corrected chi connectivity index (χ1v) is 10.4. The Balaban J connectivity index is 1.77. The molecule has 0 aliphatic heterocycles. The van der Waals surface area contributed by atoms with E-state index in [0.717, 1.165) is 16.8 Å². The highest BCUT2D eigenvalue weighted by atomic mass is 32.2. The molecule has 0 radical (unpaired) electrons. The molecule has 1 amide bonds. The van der Waals surface area contributed by atoms with Crippen molar-refractivity contribution >= 4 is 29.3 Å². The Morgan fingerprint density at radius 3 is 2.55 bits per heavy atom. The zero-order valence-corrected chi connectivity index (χ0v) is 17.6. The van der Waals surface area contributed by atoms with Crippen LogP contribution in [0, 0.1) is 13.8 Å². The molecule has 1 aromatic heterocycles. The Hall–Kier alpha value is -3.06. The van der Waals surface area contributed by atoms with Crippen LogP contribution in [0.4, 0.5) is 5.69 Å². The Bertz CT molecular complexity index is 1030. The third-order valence-electron chi connectivity index (χ3n) is 4.44. The van der Waals surface area contributed by atoms with E-state index in [1.165, 1.54) is 18.0 Å². The minimum Gasteiger partial charge on any atom is -0.448 e. The summed E-state index contributed by atoms with van der Waals surface area (Å²) in [6.07, 6.45) is 2.40. The average Bonchev–Trinajstić information content (AvgIpc) is 3.15. The molecule has 29 heavy (non-hydrogen) atoms. The fourth-order valence-electron chi connectivity index (χ4n) is 2.83. The van der Waals surface area contributed by atoms with Gasteiger partial charge in [0.25, 0.3) is 5.91 Å². The third-order valence-corrected chi connectivity index (χ3v) is 5.09. The zero-order valence-electron chi connectivity index (χ0n) is 16.8. The van der Waals surface area contributed by atoms with E-state index >= 15 is 0 Å². The molecule has 6 nitrogen and oxygen atoms in total. The number of benzene rings is 2. The number of hydrogen-bond acceptors (Lipinski definition) is 5. The molecular weight excluding hydrogens is 386 g/mol. The number of carbonyl (C=O) groups excluding carboxylic acids is 2. The molecule has 3 aromatic rings. The predicted octanol–water partition coefficient (Wildman–Crippen LogP) is 4.40. The summed E-state index contributed by atoms with van der Waals surface area (Å²) >= 11 is 1.42. The second-order valence-electron chi connectivity index (χ2n) is 6.66. The van der Waals surface area contributed by atoms with Gasteiger partial charge >= 0.3 is 5.97 Å². The van der Waals surface area contributed by atoms with Gasteiger partial charge in [-0.1, -0.05) is 42.1 Å². The molecule has 150 valence electrons. The van der Waals surface area contributed by atoms with Gasteiger partial charge in [0.1, 0.15) is 0 Å². The summed E-state index contributed by atoms with van der Waals surface area (Å²) in [6.45, 7) is 5.41. The summed E-state index contributed by atoms with van der Waals surface area (Å²) in [5.41, 5.74) is 3.75. The van der Waals surface area contributed by atoms with Crippen LogP contribution < -0.4 is 5.32 Å². The number of ether oxygens (including phenoxy) is 1. The lowest BCUT2D eigenvalue weighted by molar-refractivity contribution is -0.123. The number of rotatable bonds is 6. The van der Waals surface area contributed by atoms with Crippen molar-refractivity contribution in [3.05, 3.63) is 71.5 Å². The van der Waals surface area contributed by atoms with E-state index in [9.17, 15) is 9.59 Å². The smallest absolute Gasteiger partial charge is 0.357 e. The topological polar surface area (TPSA) is 73.2 Å². The van der Waals surface area contributed by atoms with Crippen LogP contribution in [0.5, 0.6) is 0 Å². The number of aromatic nitrogens is 2. The van der Waals surface area contributed by atoms with Gasteiger partial charge in [0.15, 0.2) is 17.0 Å². The van der Waals surface area contributed by atoms with Gasteiger partial charge in [-0.25, -0.2) is 9.78 Å². The normalized spacial score (nSPS) is 11.7. The number of aryl methyl sites for hydroxylation is 2. The van der Waals surface area contributed by atoms with Crippen LogP contribution in [0.1, 0.15) is 28.5 Å². The summed E-state index contributed by atoms with van der Waals surface area (Å²) in [6, 6.07) is 15.2. The fourth-order valence-corrected chi connectivity index (χ4v) is 3.37. The summed E-state index contributed by atoms with van der Waals surface area (Å²) in [7, 11) is 0. The van der Waals surface area contributed by atoms with Gasteiger partial charge in [0.2, 0.25) is 0 Å². The number of nitrogens with one attached hydrogen (secondary N) is 1. The van der Waals surface area contributed by atoms with Gasteiger partial charge in [-0.3, -0.25) is 9.36 Å². The fraction of sp³-hybridized carbons (Fsp3) is 0.227. The van der Waals surface area contributed by atoms with Crippen molar-refractivity contribution in [2.75, 3.05) is 11.6 Å². The van der Waals surface area contributed by atoms with Crippen LogP contribution >= 0.6 is 11.8 Å². The minimum atomic E-state index is -0.959. The van der Waals surface area contributed by atoms with Crippen molar-refractivity contribution in [3.63, 3.8) is 0 Å². The average molecular weight is 410 g/mol. The van der Waals surface area contributed by atoms with E-state index in [1.54, 1.807) is 11.5 Å². The molecular formula is C22H23N3O3S. The number of amides is 1. The summed E-state index contributed by atoms with van der Waals surface area (Å²) in [5, 5.41) is 3.49. The van der Waals surface area contributed by atoms with Gasteiger partial charge in [0.05, 0.1) is 6.20 Å². The van der Waals surface area contributed by atoms with Crippen LogP contribution in [0.2, 0.25) is 0 Å². The molecule has 1 atom stereocenters. The number of imidazole rings is 1. The number of hydrogen-bond donors (Lipinski definition) is 1. The number of carbonyl (C=O) groups is 2. The number of thioether (sulfide) groups is 1. The second-order valence-corrected chi connectivity index (χ2v) is 7.43. The van der Waals surface area contributed by atoms with Gasteiger partial charge in [0, 0.05) is 11.4 Å². The molecule has 1 heterocycles. The molecule has 0 aliphatic rings. The SMILES string of the molecule is CSc1ncc(C(=O)OC(C)C(=O)Nc2cc(C)ccc2C)n1-c1ccccc1. The molecule has 0 spiro atoms. The van der Waals surface area contributed by atoms with E-state index in [1.807, 2.05) is 68.6 Å². The van der Waals surface area contributed by atoms with E-state index in [4.69, 9.17) is 4.74 Å². The van der Waals surface area contributed by atoms with E-state index in [-0.39, 0.29) is 11.6 Å². The lowest BCUT2D eigenvalue weighted by atomic mass is 10.1. The molecule has 7 heteroatoms. The number of anilines is 1. The van der Waals surface area contributed by atoms with Crippen LogP contribution in [0.3, 0.4) is 0 Å². The monoisotopic (exact) mass is 409 g/mol. The maximum Gasteiger partial charge on any atom is 0.357 e. The lowest BCUT2D eigenvalue weighted by Crippen LogP contribution is -2.30. The van der Waals surface area contributed by atoms with Crippen molar-refractivity contribution in [1.82, 2.24) is 9.55 Å². The van der Waals surface area contributed by atoms with Gasteiger partial charge in [-0.15, -0.1) is 0 Å². The number of para-hydroxylation sites is 1. The standard InChI is InChI=1S/C22H23N3O3S/c1-14-10-11-15(2)18(12-14)24-20(26)16(3)28-21(27)19-13-23-22(29-4)25(19)17-8-6-5-7-9-17/h5-13,16H,1-4H3,(H,24,26). The van der Waals surface area contributed by atoms with Crippen molar-refractivity contribution in [3.8, 4) is 5.69 Å². The summed E-state index contributed by atoms with van der Waals surface area (Å²) in [4.78, 5) is 29.6. The molecule has 3 rings (SSSR count). The highest BCUT2D eigenvalue weighted by Crippen LogP contribution is 2.23. The molecule has 0 saturated carbocycles. The zero-order chi connectivity index (χ0) is 21.0. The van der Waals surface area contributed by atoms with Crippen LogP contribution in [-0.4, -0.2) is 33.8 Å². The molecule has 0 fully saturated rings. The van der Waals surface area contributed by atoms with Gasteiger partial charge < -0.3 is 10.1 Å². The van der Waals surface area contributed by atoms with E-state index in [2.05, 4.69) is 10.3 Å². The van der Waals surface area contributed by atoms with Crippen molar-refractivity contribution in [2.45, 2.75) is 32.0 Å². The Morgan fingerprint density at radius 1 is 1.14 bits per heavy atom. The van der Waals surface area contributed by atoms with Gasteiger partial charge in [-0.2, -0.15) is 0 Å². The quantitative estimate of drug-likeness (QED) is 0.483. The first-order chi connectivity index (χ1) is 13.9. The summed E-state index contributed by atoms with van der Waals surface area (Å²) < 4.78 is 7.16. The largest absolute Gasteiger partial charge is 0.448 e. The minimum absolute atomic E-state index is 0.270. The summed E-state index contributed by atoms with van der Waals surface area (Å²) in [5.74, 6) is -0.992. The Labute approximate surface area is 174 Å². The molecule has 1 N–H and O–H groups in total. The van der Waals surface area contributed by atoms with Gasteiger partial charge in [-0.05, 0) is 56.4 Å². The third kappa shape index (κ3) is 4.68. The van der Waals surface area contributed by atoms with E-state index < -0.39 is 12.1 Å². The van der Waals surface area contributed by atoms with Crippen molar-refractivity contribution < 1.29 is 14.3 Å². The van der Waals surface area contributed by atoms with Crippen LogP contribution in [-0.2, 0) is 9.53 Å². The van der Waals surface area contributed by atoms with Crippen LogP contribution in [0.15, 0.2) is 59.9 Å². The molecule has 0 bridgehead atoms. The Morgan fingerprint density at radius 2 is 1.86 bits per heavy atom. The van der Waals surface area contributed by atoms with E-state index in [0.29, 0.717) is 10.8 Å².